The van der Waals surface area contributed by atoms with E-state index in [1.165, 1.54) is 0 Å². The zero-order valence-electron chi connectivity index (χ0n) is 13.6. The number of amides is 1. The molecule has 0 saturated carbocycles. The Morgan fingerprint density at radius 1 is 1.29 bits per heavy atom. The van der Waals surface area contributed by atoms with E-state index in [0.29, 0.717) is 12.3 Å². The van der Waals surface area contributed by atoms with Gasteiger partial charge in [-0.1, -0.05) is 20.8 Å². The molecule has 1 aliphatic heterocycles. The first kappa shape index (κ1) is 18.0. The molecule has 122 valence electrons. The first-order valence-corrected chi connectivity index (χ1v) is 7.92. The van der Waals surface area contributed by atoms with E-state index in [9.17, 15) is 9.59 Å². The van der Waals surface area contributed by atoms with Gasteiger partial charge in [0.2, 0.25) is 5.91 Å². The minimum absolute atomic E-state index is 0.0813. The van der Waals surface area contributed by atoms with Gasteiger partial charge in [0, 0.05) is 32.0 Å². The molecule has 1 aliphatic rings. The molecule has 0 bridgehead atoms. The van der Waals surface area contributed by atoms with Crippen molar-refractivity contribution in [3.63, 3.8) is 0 Å². The number of carbonyl (C=O) groups is 2. The average molecular weight is 298 g/mol. The second-order valence-electron chi connectivity index (χ2n) is 7.49. The molecule has 0 aromatic rings. The molecule has 1 fully saturated rings. The molecule has 1 rings (SSSR count). The van der Waals surface area contributed by atoms with Gasteiger partial charge in [0.15, 0.2) is 0 Å². The summed E-state index contributed by atoms with van der Waals surface area (Å²) in [6.07, 6.45) is 4.03. The van der Waals surface area contributed by atoms with E-state index in [1.807, 2.05) is 4.90 Å². The zero-order chi connectivity index (χ0) is 16.0. The van der Waals surface area contributed by atoms with E-state index in [0.717, 1.165) is 38.8 Å². The van der Waals surface area contributed by atoms with Crippen LogP contribution in [0.1, 0.15) is 59.3 Å². The van der Waals surface area contributed by atoms with Crippen LogP contribution in [0.5, 0.6) is 0 Å². The highest BCUT2D eigenvalue weighted by atomic mass is 16.4. The standard InChI is InChI=1S/C16H30N2O3/c1-16(2,3)11-13(17)10-14(19)18-8-6-12(7-9-18)4-5-15(20)21/h12-13H,4-11,17H2,1-3H3,(H,20,21). The molecular formula is C16H30N2O3. The first-order chi connectivity index (χ1) is 9.67. The Morgan fingerprint density at radius 3 is 2.33 bits per heavy atom. The molecule has 0 aromatic carbocycles. The first-order valence-electron chi connectivity index (χ1n) is 7.92. The van der Waals surface area contributed by atoms with E-state index < -0.39 is 5.97 Å². The fourth-order valence-electron chi connectivity index (χ4n) is 3.01. The number of carboxylic acids is 1. The van der Waals surface area contributed by atoms with Crippen LogP contribution in [0.15, 0.2) is 0 Å². The Balaban J connectivity index is 2.30. The van der Waals surface area contributed by atoms with Crippen LogP contribution in [-0.2, 0) is 9.59 Å². The molecule has 1 saturated heterocycles. The van der Waals surface area contributed by atoms with Crippen LogP contribution in [0.4, 0.5) is 0 Å². The van der Waals surface area contributed by atoms with Gasteiger partial charge in [-0.3, -0.25) is 9.59 Å². The fourth-order valence-corrected chi connectivity index (χ4v) is 3.01. The summed E-state index contributed by atoms with van der Waals surface area (Å²) in [5.74, 6) is -0.154. The van der Waals surface area contributed by atoms with Crippen molar-refractivity contribution in [2.45, 2.75) is 65.3 Å². The average Bonchev–Trinajstić information content (AvgIpc) is 2.34. The molecule has 0 aromatic heterocycles. The van der Waals surface area contributed by atoms with E-state index in [4.69, 9.17) is 10.8 Å². The molecule has 1 atom stereocenters. The summed E-state index contributed by atoms with van der Waals surface area (Å²) >= 11 is 0. The second kappa shape index (κ2) is 7.78. The SMILES string of the molecule is CC(C)(C)CC(N)CC(=O)N1CCC(CCC(=O)O)CC1. The Bertz CT molecular complexity index is 355. The van der Waals surface area contributed by atoms with Gasteiger partial charge >= 0.3 is 5.97 Å². The van der Waals surface area contributed by atoms with Crippen LogP contribution < -0.4 is 5.73 Å². The van der Waals surface area contributed by atoms with Crippen molar-refractivity contribution in [2.75, 3.05) is 13.1 Å². The van der Waals surface area contributed by atoms with Crippen LogP contribution in [0, 0.1) is 11.3 Å². The Kier molecular flexibility index (Phi) is 6.65. The van der Waals surface area contributed by atoms with Gasteiger partial charge in [0.05, 0.1) is 0 Å². The lowest BCUT2D eigenvalue weighted by molar-refractivity contribution is -0.138. The summed E-state index contributed by atoms with van der Waals surface area (Å²) in [6, 6.07) is -0.0813. The van der Waals surface area contributed by atoms with Gasteiger partial charge in [-0.05, 0) is 37.0 Å². The maximum atomic E-state index is 12.2. The normalized spacial score (nSPS) is 18.6. The van der Waals surface area contributed by atoms with Crippen LogP contribution in [0.3, 0.4) is 0 Å². The summed E-state index contributed by atoms with van der Waals surface area (Å²) in [6.45, 7) is 7.87. The molecular weight excluding hydrogens is 268 g/mol. The summed E-state index contributed by atoms with van der Waals surface area (Å²) in [5, 5.41) is 8.70. The zero-order valence-corrected chi connectivity index (χ0v) is 13.6. The lowest BCUT2D eigenvalue weighted by atomic mass is 9.87. The van der Waals surface area contributed by atoms with Gasteiger partial charge in [0.25, 0.3) is 0 Å². The van der Waals surface area contributed by atoms with Crippen molar-refractivity contribution in [1.82, 2.24) is 4.90 Å². The number of carbonyl (C=O) groups excluding carboxylic acids is 1. The second-order valence-corrected chi connectivity index (χ2v) is 7.49. The van der Waals surface area contributed by atoms with Gasteiger partial charge in [-0.2, -0.15) is 0 Å². The summed E-state index contributed by atoms with van der Waals surface area (Å²) in [5.41, 5.74) is 6.21. The van der Waals surface area contributed by atoms with Gasteiger partial charge in [-0.15, -0.1) is 0 Å². The molecule has 0 radical (unpaired) electrons. The highest BCUT2D eigenvalue weighted by molar-refractivity contribution is 5.76. The number of nitrogens with two attached hydrogens (primary N) is 1. The van der Waals surface area contributed by atoms with Gasteiger partial charge in [0.1, 0.15) is 0 Å². The third kappa shape index (κ3) is 7.46. The van der Waals surface area contributed by atoms with Crippen molar-refractivity contribution in [1.29, 1.82) is 0 Å². The topological polar surface area (TPSA) is 83.6 Å². The van der Waals surface area contributed by atoms with Crippen molar-refractivity contribution < 1.29 is 14.7 Å². The van der Waals surface area contributed by atoms with Crippen LogP contribution >= 0.6 is 0 Å². The van der Waals surface area contributed by atoms with Gasteiger partial charge in [-0.25, -0.2) is 0 Å². The minimum Gasteiger partial charge on any atom is -0.481 e. The molecule has 1 unspecified atom stereocenters. The maximum Gasteiger partial charge on any atom is 0.303 e. The number of carboxylic acid groups (broad SMARTS) is 1. The molecule has 21 heavy (non-hydrogen) atoms. The van der Waals surface area contributed by atoms with Crippen molar-refractivity contribution in [2.24, 2.45) is 17.1 Å². The van der Waals surface area contributed by atoms with Crippen LogP contribution in [0.25, 0.3) is 0 Å². The summed E-state index contributed by atoms with van der Waals surface area (Å²) < 4.78 is 0. The molecule has 0 aliphatic carbocycles. The number of piperidine rings is 1. The van der Waals surface area contributed by atoms with Crippen molar-refractivity contribution >= 4 is 11.9 Å². The Labute approximate surface area is 127 Å². The van der Waals surface area contributed by atoms with Gasteiger partial charge < -0.3 is 15.7 Å². The third-order valence-corrected chi connectivity index (χ3v) is 4.05. The van der Waals surface area contributed by atoms with Crippen LogP contribution in [0.2, 0.25) is 0 Å². The molecule has 0 spiro atoms. The summed E-state index contributed by atoms with van der Waals surface area (Å²) in [7, 11) is 0. The molecule has 5 nitrogen and oxygen atoms in total. The number of aliphatic carboxylic acids is 1. The molecule has 1 amide bonds. The van der Waals surface area contributed by atoms with Crippen molar-refractivity contribution in [3.8, 4) is 0 Å². The number of nitrogens with zero attached hydrogens (tertiary/aromatic N) is 1. The highest BCUT2D eigenvalue weighted by Crippen LogP contribution is 2.24. The lowest BCUT2D eigenvalue weighted by Crippen LogP contribution is -2.41. The van der Waals surface area contributed by atoms with E-state index in [1.54, 1.807) is 0 Å². The summed E-state index contributed by atoms with van der Waals surface area (Å²) in [4.78, 5) is 24.7. The largest absolute Gasteiger partial charge is 0.481 e. The smallest absolute Gasteiger partial charge is 0.303 e. The monoisotopic (exact) mass is 298 g/mol. The van der Waals surface area contributed by atoms with E-state index in [2.05, 4.69) is 20.8 Å². The maximum absolute atomic E-state index is 12.2. The fraction of sp³-hybridized carbons (Fsp3) is 0.875. The van der Waals surface area contributed by atoms with Crippen LogP contribution in [-0.4, -0.2) is 41.0 Å². The van der Waals surface area contributed by atoms with Crippen molar-refractivity contribution in [3.05, 3.63) is 0 Å². The number of rotatable bonds is 6. The molecule has 5 heteroatoms. The number of likely N-dealkylation sites (tertiary alicyclic amines) is 1. The van der Waals surface area contributed by atoms with E-state index in [-0.39, 0.29) is 23.8 Å². The van der Waals surface area contributed by atoms with E-state index >= 15 is 0 Å². The number of hydrogen-bond acceptors (Lipinski definition) is 3. The molecule has 1 heterocycles. The predicted octanol–water partition coefficient (Wildman–Crippen LogP) is 2.24. The third-order valence-electron chi connectivity index (χ3n) is 4.05. The molecule has 3 N–H and O–H groups in total. The predicted molar refractivity (Wildman–Crippen MR) is 82.8 cm³/mol. The quantitative estimate of drug-likeness (QED) is 0.787. The highest BCUT2D eigenvalue weighted by Gasteiger charge is 2.25. The minimum atomic E-state index is -0.735. The Morgan fingerprint density at radius 2 is 1.86 bits per heavy atom. The lowest BCUT2D eigenvalue weighted by Gasteiger charge is -2.33. The Hall–Kier alpha value is -1.10. The number of hydrogen-bond donors (Lipinski definition) is 2.